The first-order chi connectivity index (χ1) is 12.9. The summed E-state index contributed by atoms with van der Waals surface area (Å²) >= 11 is 6.00. The van der Waals surface area contributed by atoms with Crippen molar-refractivity contribution in [2.75, 3.05) is 23.8 Å². The minimum absolute atomic E-state index is 0.111. The van der Waals surface area contributed by atoms with Gasteiger partial charge in [-0.1, -0.05) is 29.8 Å². The Balaban J connectivity index is 1.78. The number of halogens is 1. The third-order valence-electron chi connectivity index (χ3n) is 4.60. The van der Waals surface area contributed by atoms with Gasteiger partial charge in [0.25, 0.3) is 5.91 Å². The summed E-state index contributed by atoms with van der Waals surface area (Å²) in [5.74, 6) is -1.20. The summed E-state index contributed by atoms with van der Waals surface area (Å²) in [5.41, 5.74) is 2.29. The standard InChI is InChI=1S/C20H20ClN3O3/c1-12-5-3-8-16(18(12)20(27)22-2)23-19(26)13-9-17(25)24(11-13)15-7-4-6-14(21)10-15/h3-8,10,13H,9,11H2,1-2H3,(H,22,27)(H,23,26). The van der Waals surface area contributed by atoms with E-state index in [1.165, 1.54) is 0 Å². The molecule has 3 rings (SSSR count). The van der Waals surface area contributed by atoms with E-state index in [9.17, 15) is 14.4 Å². The van der Waals surface area contributed by atoms with E-state index in [4.69, 9.17) is 11.6 Å². The van der Waals surface area contributed by atoms with Crippen molar-refractivity contribution in [1.82, 2.24) is 5.32 Å². The van der Waals surface area contributed by atoms with E-state index >= 15 is 0 Å². The highest BCUT2D eigenvalue weighted by Gasteiger charge is 2.35. The van der Waals surface area contributed by atoms with E-state index in [0.29, 0.717) is 22.0 Å². The van der Waals surface area contributed by atoms with E-state index in [2.05, 4.69) is 10.6 Å². The van der Waals surface area contributed by atoms with Crippen LogP contribution in [0.15, 0.2) is 42.5 Å². The number of hydrogen-bond acceptors (Lipinski definition) is 3. The highest BCUT2D eigenvalue weighted by atomic mass is 35.5. The fourth-order valence-electron chi connectivity index (χ4n) is 3.21. The molecule has 0 bridgehead atoms. The van der Waals surface area contributed by atoms with Crippen LogP contribution in [0, 0.1) is 12.8 Å². The van der Waals surface area contributed by atoms with E-state index < -0.39 is 5.92 Å². The van der Waals surface area contributed by atoms with Gasteiger partial charge in [0, 0.05) is 30.7 Å². The lowest BCUT2D eigenvalue weighted by molar-refractivity contribution is -0.122. The van der Waals surface area contributed by atoms with Gasteiger partial charge in [0.2, 0.25) is 11.8 Å². The van der Waals surface area contributed by atoms with Crippen molar-refractivity contribution < 1.29 is 14.4 Å². The van der Waals surface area contributed by atoms with Crippen LogP contribution in [0.4, 0.5) is 11.4 Å². The second-order valence-corrected chi connectivity index (χ2v) is 6.89. The van der Waals surface area contributed by atoms with E-state index in [-0.39, 0.29) is 30.7 Å². The third-order valence-corrected chi connectivity index (χ3v) is 4.84. The lowest BCUT2D eigenvalue weighted by Gasteiger charge is -2.17. The Morgan fingerprint density at radius 1 is 1.19 bits per heavy atom. The van der Waals surface area contributed by atoms with Gasteiger partial charge in [-0.05, 0) is 36.8 Å². The van der Waals surface area contributed by atoms with Crippen molar-refractivity contribution in [2.45, 2.75) is 13.3 Å². The van der Waals surface area contributed by atoms with Gasteiger partial charge in [0.05, 0.1) is 17.2 Å². The maximum absolute atomic E-state index is 12.7. The van der Waals surface area contributed by atoms with Crippen LogP contribution in [0.25, 0.3) is 0 Å². The first kappa shape index (κ1) is 18.9. The minimum atomic E-state index is -0.505. The molecule has 1 heterocycles. The van der Waals surface area contributed by atoms with Gasteiger partial charge < -0.3 is 15.5 Å². The highest BCUT2D eigenvalue weighted by Crippen LogP contribution is 2.28. The number of carbonyl (C=O) groups excluding carboxylic acids is 3. The molecule has 1 aliphatic heterocycles. The molecular formula is C20H20ClN3O3. The summed E-state index contributed by atoms with van der Waals surface area (Å²) in [7, 11) is 1.54. The van der Waals surface area contributed by atoms with Crippen molar-refractivity contribution in [1.29, 1.82) is 0 Å². The average molecular weight is 386 g/mol. The third kappa shape index (κ3) is 3.95. The fraction of sp³-hybridized carbons (Fsp3) is 0.250. The molecule has 1 saturated heterocycles. The predicted octanol–water partition coefficient (Wildman–Crippen LogP) is 3.00. The summed E-state index contributed by atoms with van der Waals surface area (Å²) in [6, 6.07) is 12.2. The van der Waals surface area contributed by atoms with E-state index in [0.717, 1.165) is 5.56 Å². The van der Waals surface area contributed by atoms with Crippen LogP contribution in [0.2, 0.25) is 5.02 Å². The molecule has 0 radical (unpaired) electrons. The van der Waals surface area contributed by atoms with Crippen molar-refractivity contribution in [3.05, 3.63) is 58.6 Å². The molecule has 0 aliphatic carbocycles. The van der Waals surface area contributed by atoms with Crippen molar-refractivity contribution in [3.8, 4) is 0 Å². The second-order valence-electron chi connectivity index (χ2n) is 6.45. The Bertz CT molecular complexity index is 913. The molecule has 27 heavy (non-hydrogen) atoms. The number of carbonyl (C=O) groups is 3. The minimum Gasteiger partial charge on any atom is -0.355 e. The predicted molar refractivity (Wildman–Crippen MR) is 105 cm³/mol. The molecule has 7 heteroatoms. The lowest BCUT2D eigenvalue weighted by Crippen LogP contribution is -2.29. The molecule has 3 amide bonds. The van der Waals surface area contributed by atoms with Gasteiger partial charge in [-0.15, -0.1) is 0 Å². The van der Waals surface area contributed by atoms with Gasteiger partial charge in [-0.25, -0.2) is 0 Å². The number of hydrogen-bond donors (Lipinski definition) is 2. The first-order valence-electron chi connectivity index (χ1n) is 8.59. The zero-order chi connectivity index (χ0) is 19.6. The Morgan fingerprint density at radius 3 is 2.63 bits per heavy atom. The fourth-order valence-corrected chi connectivity index (χ4v) is 3.39. The molecule has 2 N–H and O–H groups in total. The Hall–Kier alpha value is -2.86. The summed E-state index contributed by atoms with van der Waals surface area (Å²) < 4.78 is 0. The van der Waals surface area contributed by atoms with E-state index in [1.807, 2.05) is 0 Å². The van der Waals surface area contributed by atoms with Gasteiger partial charge >= 0.3 is 0 Å². The van der Waals surface area contributed by atoms with E-state index in [1.54, 1.807) is 61.3 Å². The second kappa shape index (κ2) is 7.80. The average Bonchev–Trinajstić information content (AvgIpc) is 3.03. The molecule has 2 aromatic carbocycles. The SMILES string of the molecule is CNC(=O)c1c(C)cccc1NC(=O)C1CC(=O)N(c2cccc(Cl)c2)C1. The van der Waals surface area contributed by atoms with Gasteiger partial charge in [0.1, 0.15) is 0 Å². The first-order valence-corrected chi connectivity index (χ1v) is 8.97. The number of nitrogens with zero attached hydrogens (tertiary/aromatic N) is 1. The quantitative estimate of drug-likeness (QED) is 0.849. The Kier molecular flexibility index (Phi) is 5.46. The summed E-state index contributed by atoms with van der Waals surface area (Å²) in [4.78, 5) is 38.8. The number of aryl methyl sites for hydroxylation is 1. The summed E-state index contributed by atoms with van der Waals surface area (Å²) in [6.07, 6.45) is 0.111. The van der Waals surface area contributed by atoms with Gasteiger partial charge in [-0.2, -0.15) is 0 Å². The van der Waals surface area contributed by atoms with Crippen LogP contribution in [0.3, 0.4) is 0 Å². The Morgan fingerprint density at radius 2 is 1.93 bits per heavy atom. The highest BCUT2D eigenvalue weighted by molar-refractivity contribution is 6.31. The molecule has 1 atom stereocenters. The van der Waals surface area contributed by atoms with Crippen molar-refractivity contribution >= 4 is 40.7 Å². The molecular weight excluding hydrogens is 366 g/mol. The molecule has 0 aromatic heterocycles. The molecule has 0 saturated carbocycles. The molecule has 0 spiro atoms. The number of benzene rings is 2. The maximum Gasteiger partial charge on any atom is 0.253 e. The molecule has 1 aliphatic rings. The number of nitrogens with one attached hydrogen (secondary N) is 2. The maximum atomic E-state index is 12.7. The van der Waals surface area contributed by atoms with Gasteiger partial charge in [-0.3, -0.25) is 14.4 Å². The topological polar surface area (TPSA) is 78.5 Å². The van der Waals surface area contributed by atoms with Crippen molar-refractivity contribution in [3.63, 3.8) is 0 Å². The van der Waals surface area contributed by atoms with Crippen LogP contribution >= 0.6 is 11.6 Å². The van der Waals surface area contributed by atoms with Crippen LogP contribution in [0.1, 0.15) is 22.3 Å². The van der Waals surface area contributed by atoms with Crippen LogP contribution in [-0.4, -0.2) is 31.3 Å². The molecule has 1 unspecified atom stereocenters. The largest absolute Gasteiger partial charge is 0.355 e. The van der Waals surface area contributed by atoms with Crippen LogP contribution in [-0.2, 0) is 9.59 Å². The lowest BCUT2D eigenvalue weighted by atomic mass is 10.0. The monoisotopic (exact) mass is 385 g/mol. The Labute approximate surface area is 162 Å². The molecule has 6 nitrogen and oxygen atoms in total. The van der Waals surface area contributed by atoms with Gasteiger partial charge in [0.15, 0.2) is 0 Å². The van der Waals surface area contributed by atoms with Crippen LogP contribution < -0.4 is 15.5 Å². The number of rotatable bonds is 4. The van der Waals surface area contributed by atoms with Crippen molar-refractivity contribution in [2.24, 2.45) is 5.92 Å². The molecule has 1 fully saturated rings. The summed E-state index contributed by atoms with van der Waals surface area (Å²) in [6.45, 7) is 2.08. The molecule has 140 valence electrons. The molecule has 2 aromatic rings. The normalized spacial score (nSPS) is 16.3. The number of anilines is 2. The summed E-state index contributed by atoms with van der Waals surface area (Å²) in [5, 5.41) is 5.92. The van der Waals surface area contributed by atoms with Crippen LogP contribution in [0.5, 0.6) is 0 Å². The zero-order valence-corrected chi connectivity index (χ0v) is 15.8. The number of amides is 3. The smallest absolute Gasteiger partial charge is 0.253 e. The zero-order valence-electron chi connectivity index (χ0n) is 15.1.